The van der Waals surface area contributed by atoms with Crippen LogP contribution in [-0.2, 0) is 0 Å². The molecule has 0 aromatic heterocycles. The number of hydrogen-bond acceptors (Lipinski definition) is 2. The van der Waals surface area contributed by atoms with Gasteiger partial charge in [0.2, 0.25) is 0 Å². The third-order valence-corrected chi connectivity index (χ3v) is 3.48. The molecule has 0 aliphatic heterocycles. The molecule has 0 aromatic carbocycles. The van der Waals surface area contributed by atoms with Crippen molar-refractivity contribution in [1.29, 1.82) is 0 Å². The Hall–Kier alpha value is -0.0800. The zero-order valence-electron chi connectivity index (χ0n) is 10.5. The summed E-state index contributed by atoms with van der Waals surface area (Å²) in [6.07, 6.45) is 9.45. The Labute approximate surface area is 94.7 Å². The first-order chi connectivity index (χ1) is 7.24. The maximum Gasteiger partial charge on any atom is 0.0509 e. The van der Waals surface area contributed by atoms with Crippen LogP contribution < -0.4 is 0 Å². The van der Waals surface area contributed by atoms with Crippen molar-refractivity contribution in [3.8, 4) is 0 Å². The van der Waals surface area contributed by atoms with Gasteiger partial charge in [0, 0.05) is 5.41 Å². The van der Waals surface area contributed by atoms with E-state index in [2.05, 4.69) is 6.92 Å². The van der Waals surface area contributed by atoms with Gasteiger partial charge < -0.3 is 10.2 Å². The van der Waals surface area contributed by atoms with Gasteiger partial charge in [0.05, 0.1) is 13.2 Å². The van der Waals surface area contributed by atoms with E-state index in [0.717, 1.165) is 19.3 Å². The Morgan fingerprint density at radius 2 is 1.33 bits per heavy atom. The van der Waals surface area contributed by atoms with Gasteiger partial charge in [-0.3, -0.25) is 0 Å². The van der Waals surface area contributed by atoms with Crippen molar-refractivity contribution in [3.63, 3.8) is 0 Å². The molecule has 2 heteroatoms. The minimum atomic E-state index is -0.218. The third-order valence-electron chi connectivity index (χ3n) is 3.48. The van der Waals surface area contributed by atoms with Crippen molar-refractivity contribution < 1.29 is 10.2 Å². The van der Waals surface area contributed by atoms with Gasteiger partial charge in [0.1, 0.15) is 0 Å². The first-order valence-corrected chi connectivity index (χ1v) is 6.46. The minimum Gasteiger partial charge on any atom is -0.396 e. The highest BCUT2D eigenvalue weighted by Crippen LogP contribution is 2.28. The summed E-state index contributed by atoms with van der Waals surface area (Å²) in [5.74, 6) is 0. The van der Waals surface area contributed by atoms with Gasteiger partial charge in [-0.1, -0.05) is 52.4 Å². The number of hydrogen-bond donors (Lipinski definition) is 2. The van der Waals surface area contributed by atoms with Gasteiger partial charge in [0.15, 0.2) is 0 Å². The maximum atomic E-state index is 9.26. The van der Waals surface area contributed by atoms with Crippen LogP contribution in [0.3, 0.4) is 0 Å². The van der Waals surface area contributed by atoms with Crippen LogP contribution in [0.2, 0.25) is 0 Å². The molecule has 0 spiro atoms. The first-order valence-electron chi connectivity index (χ1n) is 6.46. The van der Waals surface area contributed by atoms with Crippen LogP contribution in [0, 0.1) is 5.41 Å². The molecule has 0 radical (unpaired) electrons. The second kappa shape index (κ2) is 9.17. The van der Waals surface area contributed by atoms with Crippen molar-refractivity contribution in [3.05, 3.63) is 0 Å². The maximum absolute atomic E-state index is 9.26. The van der Waals surface area contributed by atoms with Crippen molar-refractivity contribution in [2.24, 2.45) is 5.41 Å². The summed E-state index contributed by atoms with van der Waals surface area (Å²) < 4.78 is 0. The van der Waals surface area contributed by atoms with Crippen LogP contribution in [0.25, 0.3) is 0 Å². The lowest BCUT2D eigenvalue weighted by molar-refractivity contribution is 0.0416. The van der Waals surface area contributed by atoms with Crippen LogP contribution in [0.4, 0.5) is 0 Å². The molecule has 0 fully saturated rings. The average Bonchev–Trinajstić information content (AvgIpc) is 2.29. The van der Waals surface area contributed by atoms with Gasteiger partial charge >= 0.3 is 0 Å². The Balaban J connectivity index is 3.54. The molecular weight excluding hydrogens is 188 g/mol. The van der Waals surface area contributed by atoms with Gasteiger partial charge in [-0.05, 0) is 12.8 Å². The molecule has 0 atom stereocenters. The molecule has 0 unspecified atom stereocenters. The van der Waals surface area contributed by atoms with Gasteiger partial charge in [-0.25, -0.2) is 0 Å². The molecular formula is C13H28O2. The second-order valence-corrected chi connectivity index (χ2v) is 4.69. The monoisotopic (exact) mass is 216 g/mol. The Bertz CT molecular complexity index is 122. The zero-order valence-corrected chi connectivity index (χ0v) is 10.5. The molecule has 0 aliphatic rings. The Kier molecular flexibility index (Phi) is 9.12. The fourth-order valence-electron chi connectivity index (χ4n) is 1.89. The van der Waals surface area contributed by atoms with Gasteiger partial charge in [-0.15, -0.1) is 0 Å². The predicted octanol–water partition coefficient (Wildman–Crippen LogP) is 3.12. The summed E-state index contributed by atoms with van der Waals surface area (Å²) in [5, 5.41) is 18.5. The van der Waals surface area contributed by atoms with Gasteiger partial charge in [0.25, 0.3) is 0 Å². The van der Waals surface area contributed by atoms with E-state index in [1.54, 1.807) is 0 Å². The fraction of sp³-hybridized carbons (Fsp3) is 1.00. The molecule has 0 rings (SSSR count). The Morgan fingerprint density at radius 1 is 0.800 bits per heavy atom. The van der Waals surface area contributed by atoms with E-state index in [9.17, 15) is 10.2 Å². The largest absolute Gasteiger partial charge is 0.396 e. The number of unbranched alkanes of at least 4 members (excludes halogenated alkanes) is 5. The summed E-state index contributed by atoms with van der Waals surface area (Å²) in [5.41, 5.74) is -0.218. The van der Waals surface area contributed by atoms with E-state index >= 15 is 0 Å². The molecule has 0 saturated heterocycles. The quantitative estimate of drug-likeness (QED) is 0.551. The third kappa shape index (κ3) is 6.16. The first kappa shape index (κ1) is 14.9. The fourth-order valence-corrected chi connectivity index (χ4v) is 1.89. The second-order valence-electron chi connectivity index (χ2n) is 4.69. The molecule has 2 nitrogen and oxygen atoms in total. The van der Waals surface area contributed by atoms with Crippen LogP contribution in [-0.4, -0.2) is 23.4 Å². The molecule has 0 aliphatic carbocycles. The summed E-state index contributed by atoms with van der Waals surface area (Å²) in [6.45, 7) is 4.51. The van der Waals surface area contributed by atoms with E-state index in [0.29, 0.717) is 0 Å². The molecule has 15 heavy (non-hydrogen) atoms. The standard InChI is InChI=1S/C13H28O2/c1-3-5-6-7-8-9-10-13(4-2,11-14)12-15/h14-15H,3-12H2,1-2H3. The topological polar surface area (TPSA) is 40.5 Å². The lowest BCUT2D eigenvalue weighted by Gasteiger charge is -2.28. The summed E-state index contributed by atoms with van der Waals surface area (Å²) in [4.78, 5) is 0. The minimum absolute atomic E-state index is 0.120. The number of aliphatic hydroxyl groups is 2. The summed E-state index contributed by atoms with van der Waals surface area (Å²) >= 11 is 0. The molecule has 0 heterocycles. The zero-order chi connectivity index (χ0) is 11.6. The molecule has 0 bridgehead atoms. The van der Waals surface area contributed by atoms with Crippen molar-refractivity contribution >= 4 is 0 Å². The van der Waals surface area contributed by atoms with Crippen LogP contribution >= 0.6 is 0 Å². The number of aliphatic hydroxyl groups excluding tert-OH is 2. The molecule has 92 valence electrons. The molecule has 2 N–H and O–H groups in total. The molecule has 0 saturated carbocycles. The van der Waals surface area contributed by atoms with Crippen LogP contribution in [0.1, 0.15) is 65.2 Å². The lowest BCUT2D eigenvalue weighted by Crippen LogP contribution is -2.28. The SMILES string of the molecule is CCCCCCCCC(CC)(CO)CO. The van der Waals surface area contributed by atoms with E-state index in [4.69, 9.17) is 0 Å². The van der Waals surface area contributed by atoms with Crippen LogP contribution in [0.5, 0.6) is 0 Å². The highest BCUT2D eigenvalue weighted by molar-refractivity contribution is 4.75. The predicted molar refractivity (Wildman–Crippen MR) is 64.9 cm³/mol. The lowest BCUT2D eigenvalue weighted by atomic mass is 9.81. The van der Waals surface area contributed by atoms with Crippen molar-refractivity contribution in [2.75, 3.05) is 13.2 Å². The van der Waals surface area contributed by atoms with Crippen LogP contribution in [0.15, 0.2) is 0 Å². The van der Waals surface area contributed by atoms with Crippen molar-refractivity contribution in [1.82, 2.24) is 0 Å². The number of rotatable bonds is 10. The smallest absolute Gasteiger partial charge is 0.0509 e. The normalized spacial score (nSPS) is 12.0. The van der Waals surface area contributed by atoms with E-state index in [-0.39, 0.29) is 18.6 Å². The molecule has 0 aromatic rings. The van der Waals surface area contributed by atoms with E-state index < -0.39 is 0 Å². The highest BCUT2D eigenvalue weighted by atomic mass is 16.3. The Morgan fingerprint density at radius 3 is 1.80 bits per heavy atom. The van der Waals surface area contributed by atoms with E-state index in [1.165, 1.54) is 32.1 Å². The van der Waals surface area contributed by atoms with E-state index in [1.807, 2.05) is 6.92 Å². The summed E-state index contributed by atoms with van der Waals surface area (Å²) in [6, 6.07) is 0. The highest BCUT2D eigenvalue weighted by Gasteiger charge is 2.25. The summed E-state index contributed by atoms with van der Waals surface area (Å²) in [7, 11) is 0. The average molecular weight is 216 g/mol. The van der Waals surface area contributed by atoms with Gasteiger partial charge in [-0.2, -0.15) is 0 Å². The molecule has 0 amide bonds. The van der Waals surface area contributed by atoms with Crippen molar-refractivity contribution in [2.45, 2.75) is 65.2 Å².